The first-order valence-corrected chi connectivity index (χ1v) is 8.88. The van der Waals surface area contributed by atoms with E-state index in [0.29, 0.717) is 19.8 Å². The van der Waals surface area contributed by atoms with Crippen molar-refractivity contribution < 1.29 is 14.2 Å². The minimum atomic E-state index is 0.271. The van der Waals surface area contributed by atoms with Gasteiger partial charge in [-0.15, -0.1) is 0 Å². The molecule has 1 aromatic carbocycles. The van der Waals surface area contributed by atoms with E-state index in [4.69, 9.17) is 14.2 Å². The third-order valence-corrected chi connectivity index (χ3v) is 4.88. The molecule has 1 aromatic rings. The maximum Gasteiger partial charge on any atom is 0.177 e. The van der Waals surface area contributed by atoms with Gasteiger partial charge in [0.05, 0.1) is 18.4 Å². The minimum absolute atomic E-state index is 0.271. The molecule has 0 aliphatic carbocycles. The summed E-state index contributed by atoms with van der Waals surface area (Å²) in [5.74, 6) is 2.38. The maximum atomic E-state index is 5.63. The molecule has 0 bridgehead atoms. The van der Waals surface area contributed by atoms with E-state index in [2.05, 4.69) is 15.5 Å². The second-order valence-corrected chi connectivity index (χ2v) is 6.56. The van der Waals surface area contributed by atoms with Crippen LogP contribution in [0.1, 0.15) is 18.4 Å². The molecule has 1 fully saturated rings. The van der Waals surface area contributed by atoms with Gasteiger partial charge in [0, 0.05) is 17.9 Å². The van der Waals surface area contributed by atoms with Crippen molar-refractivity contribution in [2.24, 2.45) is 10.1 Å². The van der Waals surface area contributed by atoms with Gasteiger partial charge in [-0.05, 0) is 31.0 Å². The zero-order chi connectivity index (χ0) is 15.5. The number of fused-ring (bicyclic) bond motifs is 1. The monoisotopic (exact) mass is 333 g/mol. The lowest BCUT2D eigenvalue weighted by Crippen LogP contribution is -2.26. The van der Waals surface area contributed by atoms with E-state index in [9.17, 15) is 0 Å². The summed E-state index contributed by atoms with van der Waals surface area (Å²) >= 11 is 1.67. The molecule has 23 heavy (non-hydrogen) atoms. The number of ether oxygens (including phenoxy) is 3. The Hall–Kier alpha value is -1.73. The topological polar surface area (TPSA) is 64.4 Å². The molecule has 7 heteroatoms. The summed E-state index contributed by atoms with van der Waals surface area (Å²) in [5.41, 5.74) is 5.08. The smallest absolute Gasteiger partial charge is 0.177 e. The molecule has 3 aliphatic heterocycles. The molecule has 1 N–H and O–H groups in total. The van der Waals surface area contributed by atoms with Gasteiger partial charge in [-0.2, -0.15) is 5.10 Å². The molecule has 4 rings (SSSR count). The van der Waals surface area contributed by atoms with E-state index in [1.54, 1.807) is 11.8 Å². The highest BCUT2D eigenvalue weighted by atomic mass is 32.2. The van der Waals surface area contributed by atoms with Crippen molar-refractivity contribution in [3.8, 4) is 11.5 Å². The van der Waals surface area contributed by atoms with Crippen molar-refractivity contribution in [2.45, 2.75) is 18.9 Å². The molecule has 0 amide bonds. The molecule has 0 unspecified atom stereocenters. The molecule has 122 valence electrons. The highest BCUT2D eigenvalue weighted by Crippen LogP contribution is 2.31. The lowest BCUT2D eigenvalue weighted by molar-refractivity contribution is 0.118. The highest BCUT2D eigenvalue weighted by Gasteiger charge is 2.19. The molecule has 3 aliphatic rings. The number of rotatable bonds is 3. The number of hydrogen-bond donors (Lipinski definition) is 1. The first-order valence-electron chi connectivity index (χ1n) is 7.90. The third-order valence-electron chi connectivity index (χ3n) is 3.97. The van der Waals surface area contributed by atoms with Crippen LogP contribution < -0.4 is 14.9 Å². The Bertz CT molecular complexity index is 641. The van der Waals surface area contributed by atoms with Crippen LogP contribution in [0.5, 0.6) is 11.5 Å². The van der Waals surface area contributed by atoms with Crippen molar-refractivity contribution in [3.63, 3.8) is 0 Å². The first kappa shape index (κ1) is 14.8. The fourth-order valence-corrected chi connectivity index (χ4v) is 3.52. The Morgan fingerprint density at radius 2 is 2.13 bits per heavy atom. The van der Waals surface area contributed by atoms with Crippen LogP contribution in [0.15, 0.2) is 28.3 Å². The maximum absolute atomic E-state index is 5.63. The van der Waals surface area contributed by atoms with Crippen molar-refractivity contribution >= 4 is 22.6 Å². The van der Waals surface area contributed by atoms with Gasteiger partial charge in [-0.25, -0.2) is 0 Å². The van der Waals surface area contributed by atoms with Gasteiger partial charge in [0.25, 0.3) is 0 Å². The predicted octanol–water partition coefficient (Wildman–Crippen LogP) is 2.03. The Kier molecular flexibility index (Phi) is 4.39. The summed E-state index contributed by atoms with van der Waals surface area (Å²) in [6, 6.07) is 5.95. The van der Waals surface area contributed by atoms with Crippen LogP contribution >= 0.6 is 11.8 Å². The van der Waals surface area contributed by atoms with Gasteiger partial charge in [0.1, 0.15) is 13.2 Å². The average Bonchev–Trinajstić information content (AvgIpc) is 3.14. The standard InChI is InChI=1S/C16H19N3O3S/c1-2-12(20-5-1)9-17-16-19-18-13(10-23-16)11-3-4-14-15(8-11)22-7-6-21-14/h3-4,8,12H,1-2,5-7,9-10H2,(H,17,19)/t12-/m1/s1. The lowest BCUT2D eigenvalue weighted by Gasteiger charge is -2.20. The fraction of sp³-hybridized carbons (Fsp3) is 0.500. The molecule has 3 heterocycles. The highest BCUT2D eigenvalue weighted by molar-refractivity contribution is 8.14. The third kappa shape index (κ3) is 3.45. The van der Waals surface area contributed by atoms with Gasteiger partial charge in [-0.1, -0.05) is 11.8 Å². The molecule has 1 atom stereocenters. The van der Waals surface area contributed by atoms with Crippen LogP contribution in [-0.2, 0) is 4.74 Å². The molecular weight excluding hydrogens is 314 g/mol. The van der Waals surface area contributed by atoms with Crippen molar-refractivity contribution in [1.82, 2.24) is 5.43 Å². The zero-order valence-corrected chi connectivity index (χ0v) is 13.6. The average molecular weight is 333 g/mol. The SMILES string of the molecule is c1cc2c(cc1C1=NNC(=NC[C@H]3CCCO3)SC1)OCCO2. The van der Waals surface area contributed by atoms with Crippen LogP contribution in [0.3, 0.4) is 0 Å². The van der Waals surface area contributed by atoms with Gasteiger partial charge < -0.3 is 14.2 Å². The molecule has 6 nitrogen and oxygen atoms in total. The summed E-state index contributed by atoms with van der Waals surface area (Å²) < 4.78 is 16.8. The largest absolute Gasteiger partial charge is 0.486 e. The second kappa shape index (κ2) is 6.80. The Labute approximate surface area is 139 Å². The molecule has 1 saturated heterocycles. The molecule has 0 saturated carbocycles. The van der Waals surface area contributed by atoms with Crippen LogP contribution in [-0.4, -0.2) is 49.1 Å². The number of amidine groups is 1. The van der Waals surface area contributed by atoms with Crippen molar-refractivity contribution in [1.29, 1.82) is 0 Å². The summed E-state index contributed by atoms with van der Waals surface area (Å²) in [4.78, 5) is 4.56. The van der Waals surface area contributed by atoms with Crippen LogP contribution in [0.4, 0.5) is 0 Å². The molecule has 0 aromatic heterocycles. The minimum Gasteiger partial charge on any atom is -0.486 e. The quantitative estimate of drug-likeness (QED) is 0.917. The Balaban J connectivity index is 1.41. The van der Waals surface area contributed by atoms with Gasteiger partial charge in [0.15, 0.2) is 16.7 Å². The normalized spacial score (nSPS) is 25.1. The van der Waals surface area contributed by atoms with Gasteiger partial charge in [0.2, 0.25) is 0 Å². The van der Waals surface area contributed by atoms with E-state index in [1.165, 1.54) is 0 Å². The van der Waals surface area contributed by atoms with E-state index in [-0.39, 0.29) is 6.10 Å². The number of thioether (sulfide) groups is 1. The van der Waals surface area contributed by atoms with Gasteiger partial charge >= 0.3 is 0 Å². The summed E-state index contributed by atoms with van der Waals surface area (Å²) in [6.45, 7) is 2.78. The second-order valence-electron chi connectivity index (χ2n) is 5.60. The summed E-state index contributed by atoms with van der Waals surface area (Å²) in [6.07, 6.45) is 2.52. The molecule has 0 radical (unpaired) electrons. The number of nitrogens with zero attached hydrogens (tertiary/aromatic N) is 2. The predicted molar refractivity (Wildman–Crippen MR) is 90.8 cm³/mol. The Morgan fingerprint density at radius 1 is 1.22 bits per heavy atom. The number of benzene rings is 1. The summed E-state index contributed by atoms with van der Waals surface area (Å²) in [5, 5.41) is 5.32. The summed E-state index contributed by atoms with van der Waals surface area (Å²) in [7, 11) is 0. The number of aliphatic imine (C=N–C) groups is 1. The number of hydrazone groups is 1. The van der Waals surface area contributed by atoms with Crippen LogP contribution in [0, 0.1) is 0 Å². The van der Waals surface area contributed by atoms with Crippen molar-refractivity contribution in [3.05, 3.63) is 23.8 Å². The number of hydrogen-bond acceptors (Lipinski definition) is 6. The van der Waals surface area contributed by atoms with E-state index in [1.807, 2.05) is 18.2 Å². The van der Waals surface area contributed by atoms with E-state index in [0.717, 1.165) is 53.1 Å². The van der Waals surface area contributed by atoms with Gasteiger partial charge in [-0.3, -0.25) is 10.4 Å². The first-order chi connectivity index (χ1) is 11.4. The fourth-order valence-electron chi connectivity index (χ4n) is 2.74. The molecule has 0 spiro atoms. The van der Waals surface area contributed by atoms with Crippen LogP contribution in [0.2, 0.25) is 0 Å². The molecular formula is C16H19N3O3S. The number of nitrogens with one attached hydrogen (secondary N) is 1. The van der Waals surface area contributed by atoms with Crippen molar-refractivity contribution in [2.75, 3.05) is 32.1 Å². The van der Waals surface area contributed by atoms with Crippen LogP contribution in [0.25, 0.3) is 0 Å². The Morgan fingerprint density at radius 3 is 2.91 bits per heavy atom. The lowest BCUT2D eigenvalue weighted by atomic mass is 10.1. The van der Waals surface area contributed by atoms with E-state index >= 15 is 0 Å². The zero-order valence-electron chi connectivity index (χ0n) is 12.8. The van der Waals surface area contributed by atoms with E-state index < -0.39 is 0 Å².